The van der Waals surface area contributed by atoms with Crippen LogP contribution in [0.25, 0.3) is 21.5 Å². The standard InChI is InChI=1S/C21H14O3/c22-19-11-3-5-13-15(19)7-1-9-17(13)21(24)18-10-2-8-16-14(18)6-4-12-20(16)23/h1-12,22-23H. The zero-order valence-electron chi connectivity index (χ0n) is 12.7. The second-order valence-electron chi connectivity index (χ2n) is 5.68. The van der Waals surface area contributed by atoms with E-state index in [4.69, 9.17) is 0 Å². The second-order valence-corrected chi connectivity index (χ2v) is 5.68. The van der Waals surface area contributed by atoms with Crippen LogP contribution >= 0.6 is 0 Å². The largest absolute Gasteiger partial charge is 0.507 e. The normalized spacial score (nSPS) is 11.0. The third kappa shape index (κ3) is 2.10. The molecule has 3 nitrogen and oxygen atoms in total. The van der Waals surface area contributed by atoms with E-state index in [2.05, 4.69) is 0 Å². The van der Waals surface area contributed by atoms with E-state index in [1.807, 2.05) is 12.1 Å². The molecule has 0 aromatic heterocycles. The first-order valence-electron chi connectivity index (χ1n) is 7.63. The lowest BCUT2D eigenvalue weighted by Gasteiger charge is -2.10. The predicted molar refractivity (Wildman–Crippen MR) is 94.7 cm³/mol. The number of carbonyl (C=O) groups is 1. The van der Waals surface area contributed by atoms with E-state index in [1.54, 1.807) is 60.7 Å². The predicted octanol–water partition coefficient (Wildman–Crippen LogP) is 4.64. The van der Waals surface area contributed by atoms with Crippen LogP contribution in [-0.4, -0.2) is 16.0 Å². The molecule has 0 saturated carbocycles. The van der Waals surface area contributed by atoms with Crippen LogP contribution in [0.5, 0.6) is 11.5 Å². The Balaban J connectivity index is 1.98. The lowest BCUT2D eigenvalue weighted by molar-refractivity contribution is 0.104. The van der Waals surface area contributed by atoms with Gasteiger partial charge in [0.05, 0.1) is 0 Å². The topological polar surface area (TPSA) is 57.5 Å². The van der Waals surface area contributed by atoms with Gasteiger partial charge in [0, 0.05) is 21.9 Å². The summed E-state index contributed by atoms with van der Waals surface area (Å²) in [6.45, 7) is 0. The zero-order chi connectivity index (χ0) is 16.7. The van der Waals surface area contributed by atoms with Crippen LogP contribution in [0.15, 0.2) is 72.8 Å². The molecule has 4 aromatic rings. The summed E-state index contributed by atoms with van der Waals surface area (Å²) in [6.07, 6.45) is 0. The molecule has 4 rings (SSSR count). The van der Waals surface area contributed by atoms with Crippen LogP contribution in [0, 0.1) is 0 Å². The van der Waals surface area contributed by atoms with E-state index in [-0.39, 0.29) is 17.3 Å². The highest BCUT2D eigenvalue weighted by atomic mass is 16.3. The van der Waals surface area contributed by atoms with Crippen molar-refractivity contribution in [1.82, 2.24) is 0 Å². The molecule has 2 N–H and O–H groups in total. The molecular formula is C21H14O3. The minimum absolute atomic E-state index is 0.137. The summed E-state index contributed by atoms with van der Waals surface area (Å²) in [4.78, 5) is 13.1. The van der Waals surface area contributed by atoms with Crippen molar-refractivity contribution in [1.29, 1.82) is 0 Å². The van der Waals surface area contributed by atoms with Gasteiger partial charge in [0.15, 0.2) is 5.78 Å². The molecule has 3 heteroatoms. The van der Waals surface area contributed by atoms with Gasteiger partial charge < -0.3 is 10.2 Å². The van der Waals surface area contributed by atoms with Crippen LogP contribution in [0.1, 0.15) is 15.9 Å². The van der Waals surface area contributed by atoms with Gasteiger partial charge in [-0.15, -0.1) is 0 Å². The summed E-state index contributed by atoms with van der Waals surface area (Å²) in [6, 6.07) is 20.9. The van der Waals surface area contributed by atoms with Crippen LogP contribution in [0.2, 0.25) is 0 Å². The molecule has 0 unspecified atom stereocenters. The number of benzene rings is 4. The van der Waals surface area contributed by atoms with E-state index in [1.165, 1.54) is 0 Å². The van der Waals surface area contributed by atoms with Gasteiger partial charge in [0.25, 0.3) is 0 Å². The molecule has 4 aromatic carbocycles. The highest BCUT2D eigenvalue weighted by Gasteiger charge is 2.16. The average molecular weight is 314 g/mol. The van der Waals surface area contributed by atoms with Gasteiger partial charge in [0.2, 0.25) is 0 Å². The van der Waals surface area contributed by atoms with E-state index in [0.717, 1.165) is 0 Å². The second kappa shape index (κ2) is 5.39. The fraction of sp³-hybridized carbons (Fsp3) is 0. The molecule has 0 amide bonds. The quantitative estimate of drug-likeness (QED) is 0.530. The Morgan fingerprint density at radius 1 is 0.542 bits per heavy atom. The SMILES string of the molecule is O=C(c1cccc2c(O)cccc12)c1cccc2c(O)cccc12. The summed E-state index contributed by atoms with van der Waals surface area (Å²) in [5, 5.41) is 22.7. The molecule has 0 atom stereocenters. The highest BCUT2D eigenvalue weighted by molar-refractivity contribution is 6.22. The summed E-state index contributed by atoms with van der Waals surface area (Å²) in [5.41, 5.74) is 1.05. The molecule has 116 valence electrons. The summed E-state index contributed by atoms with van der Waals surface area (Å²) >= 11 is 0. The zero-order valence-corrected chi connectivity index (χ0v) is 12.7. The third-order valence-electron chi connectivity index (χ3n) is 4.29. The molecule has 0 radical (unpaired) electrons. The number of hydrogen-bond donors (Lipinski definition) is 2. The Morgan fingerprint density at radius 2 is 0.917 bits per heavy atom. The number of ketones is 1. The van der Waals surface area contributed by atoms with Crippen LogP contribution < -0.4 is 0 Å². The molecule has 0 fully saturated rings. The van der Waals surface area contributed by atoms with Crippen molar-refractivity contribution >= 4 is 27.3 Å². The van der Waals surface area contributed by atoms with Gasteiger partial charge in [0.1, 0.15) is 11.5 Å². The van der Waals surface area contributed by atoms with Crippen LogP contribution in [0.4, 0.5) is 0 Å². The molecule has 0 saturated heterocycles. The molecule has 0 heterocycles. The van der Waals surface area contributed by atoms with Crippen molar-refractivity contribution < 1.29 is 15.0 Å². The lowest BCUT2D eigenvalue weighted by Crippen LogP contribution is -2.03. The maximum absolute atomic E-state index is 13.1. The smallest absolute Gasteiger partial charge is 0.194 e. The first-order valence-corrected chi connectivity index (χ1v) is 7.63. The maximum atomic E-state index is 13.1. The van der Waals surface area contributed by atoms with Crippen molar-refractivity contribution in [2.45, 2.75) is 0 Å². The Hall–Kier alpha value is -3.33. The van der Waals surface area contributed by atoms with Gasteiger partial charge >= 0.3 is 0 Å². The van der Waals surface area contributed by atoms with E-state index in [9.17, 15) is 15.0 Å². The highest BCUT2D eigenvalue weighted by Crippen LogP contribution is 2.31. The summed E-state index contributed by atoms with van der Waals surface area (Å²) in [5.74, 6) is 0.165. The summed E-state index contributed by atoms with van der Waals surface area (Å²) < 4.78 is 0. The van der Waals surface area contributed by atoms with Crippen molar-refractivity contribution in [3.05, 3.63) is 83.9 Å². The van der Waals surface area contributed by atoms with Crippen LogP contribution in [-0.2, 0) is 0 Å². The molecule has 24 heavy (non-hydrogen) atoms. The lowest BCUT2D eigenvalue weighted by atomic mass is 9.93. The van der Waals surface area contributed by atoms with Gasteiger partial charge in [-0.25, -0.2) is 0 Å². The molecule has 0 spiro atoms. The first-order chi connectivity index (χ1) is 11.7. The molecule has 0 bridgehead atoms. The molecule has 0 aliphatic rings. The Morgan fingerprint density at radius 3 is 1.38 bits per heavy atom. The van der Waals surface area contributed by atoms with E-state index in [0.29, 0.717) is 32.7 Å². The van der Waals surface area contributed by atoms with Gasteiger partial charge in [-0.1, -0.05) is 60.7 Å². The third-order valence-corrected chi connectivity index (χ3v) is 4.29. The minimum Gasteiger partial charge on any atom is -0.507 e. The van der Waals surface area contributed by atoms with Crippen molar-refractivity contribution in [3.8, 4) is 11.5 Å². The van der Waals surface area contributed by atoms with Gasteiger partial charge in [-0.05, 0) is 22.9 Å². The Bertz CT molecular complexity index is 1010. The van der Waals surface area contributed by atoms with Crippen molar-refractivity contribution in [2.75, 3.05) is 0 Å². The number of phenolic OH excluding ortho intramolecular Hbond substituents is 2. The Labute approximate surface area is 138 Å². The number of aromatic hydroxyl groups is 2. The van der Waals surface area contributed by atoms with Crippen molar-refractivity contribution in [2.24, 2.45) is 0 Å². The number of phenols is 2. The minimum atomic E-state index is -0.137. The van der Waals surface area contributed by atoms with Gasteiger partial charge in [-0.2, -0.15) is 0 Å². The molecule has 0 aliphatic carbocycles. The van der Waals surface area contributed by atoms with E-state index < -0.39 is 0 Å². The number of hydrogen-bond acceptors (Lipinski definition) is 3. The summed E-state index contributed by atoms with van der Waals surface area (Å²) in [7, 11) is 0. The number of carbonyl (C=O) groups excluding carboxylic acids is 1. The van der Waals surface area contributed by atoms with Crippen molar-refractivity contribution in [3.63, 3.8) is 0 Å². The fourth-order valence-electron chi connectivity index (χ4n) is 3.13. The first kappa shape index (κ1) is 14.3. The molecular weight excluding hydrogens is 300 g/mol. The molecule has 0 aliphatic heterocycles. The van der Waals surface area contributed by atoms with Gasteiger partial charge in [-0.3, -0.25) is 4.79 Å². The van der Waals surface area contributed by atoms with E-state index >= 15 is 0 Å². The number of fused-ring (bicyclic) bond motifs is 2. The number of rotatable bonds is 2. The maximum Gasteiger partial charge on any atom is 0.194 e. The average Bonchev–Trinajstić information content (AvgIpc) is 2.61. The van der Waals surface area contributed by atoms with Crippen LogP contribution in [0.3, 0.4) is 0 Å². The fourth-order valence-corrected chi connectivity index (χ4v) is 3.13. The Kier molecular flexibility index (Phi) is 3.21. The monoisotopic (exact) mass is 314 g/mol.